The Hall–Kier alpha value is -0.960. The van der Waals surface area contributed by atoms with Crippen molar-refractivity contribution in [3.05, 3.63) is 18.3 Å². The molecule has 3 nitrogen and oxygen atoms in total. The van der Waals surface area contributed by atoms with Crippen LogP contribution in [0.15, 0.2) is 18.3 Å². The molecule has 19 heavy (non-hydrogen) atoms. The molecule has 0 spiro atoms. The highest BCUT2D eigenvalue weighted by Crippen LogP contribution is 2.32. The third-order valence-electron chi connectivity index (χ3n) is 3.55. The summed E-state index contributed by atoms with van der Waals surface area (Å²) in [5, 5.41) is 0.199. The number of halogens is 1. The first-order valence-corrected chi connectivity index (χ1v) is 7.64. The van der Waals surface area contributed by atoms with Gasteiger partial charge in [0.25, 0.3) is 0 Å². The van der Waals surface area contributed by atoms with Gasteiger partial charge in [0.2, 0.25) is 0 Å². The summed E-state index contributed by atoms with van der Waals surface area (Å²) >= 11 is 6.19. The highest BCUT2D eigenvalue weighted by Gasteiger charge is 2.26. The molecule has 0 amide bonds. The minimum absolute atomic E-state index is 0.199. The molecule has 0 aliphatic carbocycles. The molecule has 0 saturated carbocycles. The molecule has 0 N–H and O–H groups in total. The van der Waals surface area contributed by atoms with Crippen LogP contribution in [-0.2, 0) is 0 Å². The predicted molar refractivity (Wildman–Crippen MR) is 80.3 cm³/mol. The first-order chi connectivity index (χ1) is 9.22. The van der Waals surface area contributed by atoms with E-state index in [2.05, 4.69) is 16.8 Å². The van der Waals surface area contributed by atoms with Crippen LogP contribution in [0.25, 0.3) is 0 Å². The van der Waals surface area contributed by atoms with E-state index in [0.29, 0.717) is 12.6 Å². The summed E-state index contributed by atoms with van der Waals surface area (Å²) in [6, 6.07) is 4.41. The molecule has 4 heteroatoms. The van der Waals surface area contributed by atoms with Crippen molar-refractivity contribution >= 4 is 17.4 Å². The summed E-state index contributed by atoms with van der Waals surface area (Å²) in [7, 11) is 0. The maximum absolute atomic E-state index is 6.19. The van der Waals surface area contributed by atoms with Gasteiger partial charge in [-0.15, -0.1) is 11.6 Å². The first kappa shape index (κ1) is 14.4. The van der Waals surface area contributed by atoms with Crippen LogP contribution < -0.4 is 9.64 Å². The van der Waals surface area contributed by atoms with Crippen LogP contribution in [-0.4, -0.2) is 29.6 Å². The molecule has 0 bridgehead atoms. The van der Waals surface area contributed by atoms with Gasteiger partial charge in [-0.25, -0.2) is 4.98 Å². The molecular formula is C15H23ClN2O. The molecule has 106 valence electrons. The molecule has 2 atom stereocenters. The molecule has 2 rings (SSSR count). The first-order valence-electron chi connectivity index (χ1n) is 7.21. The number of hydrogen-bond acceptors (Lipinski definition) is 3. The standard InChI is InChI=1S/C15H23ClN2O/c1-3-19-14-8-6-9-17-15(14)18-10-5-4-7-13(18)11-12(2)16/h6,8-9,12-13H,3-5,7,10-11H2,1-2H3. The molecular weight excluding hydrogens is 260 g/mol. The lowest BCUT2D eigenvalue weighted by Gasteiger charge is -2.38. The third-order valence-corrected chi connectivity index (χ3v) is 3.72. The van der Waals surface area contributed by atoms with E-state index in [-0.39, 0.29) is 5.38 Å². The van der Waals surface area contributed by atoms with E-state index in [4.69, 9.17) is 16.3 Å². The lowest BCUT2D eigenvalue weighted by Crippen LogP contribution is -2.41. The van der Waals surface area contributed by atoms with Crippen molar-refractivity contribution in [2.45, 2.75) is 50.9 Å². The molecule has 2 heterocycles. The average Bonchev–Trinajstić information content (AvgIpc) is 2.40. The van der Waals surface area contributed by atoms with Crippen LogP contribution in [0.4, 0.5) is 5.82 Å². The number of alkyl halides is 1. The van der Waals surface area contributed by atoms with Crippen LogP contribution >= 0.6 is 11.6 Å². The van der Waals surface area contributed by atoms with Crippen molar-refractivity contribution < 1.29 is 4.74 Å². The Morgan fingerprint density at radius 2 is 2.37 bits per heavy atom. The highest BCUT2D eigenvalue weighted by molar-refractivity contribution is 6.20. The summed E-state index contributed by atoms with van der Waals surface area (Å²) in [5.74, 6) is 1.87. The molecule has 1 aliphatic rings. The molecule has 1 aromatic heterocycles. The number of ether oxygens (including phenoxy) is 1. The zero-order valence-corrected chi connectivity index (χ0v) is 12.6. The molecule has 1 aromatic rings. The van der Waals surface area contributed by atoms with Crippen molar-refractivity contribution in [1.29, 1.82) is 0 Å². The van der Waals surface area contributed by atoms with Gasteiger partial charge in [-0.3, -0.25) is 0 Å². The largest absolute Gasteiger partial charge is 0.490 e. The average molecular weight is 283 g/mol. The van der Waals surface area contributed by atoms with Gasteiger partial charge in [-0.05, 0) is 51.7 Å². The molecule has 0 aromatic carbocycles. The number of piperidine rings is 1. The molecule has 1 fully saturated rings. The maximum Gasteiger partial charge on any atom is 0.171 e. The fraction of sp³-hybridized carbons (Fsp3) is 0.667. The van der Waals surface area contributed by atoms with Gasteiger partial charge in [0.15, 0.2) is 11.6 Å². The monoisotopic (exact) mass is 282 g/mol. The SMILES string of the molecule is CCOc1cccnc1N1CCCCC1CC(C)Cl. The van der Waals surface area contributed by atoms with Crippen molar-refractivity contribution in [3.63, 3.8) is 0 Å². The zero-order chi connectivity index (χ0) is 13.7. The van der Waals surface area contributed by atoms with Crippen LogP contribution in [0.5, 0.6) is 5.75 Å². The van der Waals surface area contributed by atoms with Crippen molar-refractivity contribution in [1.82, 2.24) is 4.98 Å². The second kappa shape index (κ2) is 6.99. The summed E-state index contributed by atoms with van der Waals surface area (Å²) < 4.78 is 5.71. The van der Waals surface area contributed by atoms with E-state index in [1.165, 1.54) is 19.3 Å². The minimum Gasteiger partial charge on any atom is -0.490 e. The van der Waals surface area contributed by atoms with Crippen LogP contribution in [0.2, 0.25) is 0 Å². The number of anilines is 1. The number of pyridine rings is 1. The summed E-state index contributed by atoms with van der Waals surface area (Å²) in [5.41, 5.74) is 0. The lowest BCUT2D eigenvalue weighted by atomic mass is 9.98. The quantitative estimate of drug-likeness (QED) is 0.767. The second-order valence-electron chi connectivity index (χ2n) is 5.12. The maximum atomic E-state index is 6.19. The van der Waals surface area contributed by atoms with Gasteiger partial charge >= 0.3 is 0 Å². The number of hydrogen-bond donors (Lipinski definition) is 0. The Bertz CT molecular complexity index is 397. The van der Waals surface area contributed by atoms with Gasteiger partial charge in [-0.2, -0.15) is 0 Å². The fourth-order valence-corrected chi connectivity index (χ4v) is 2.97. The van der Waals surface area contributed by atoms with E-state index in [1.54, 1.807) is 0 Å². The number of nitrogens with zero attached hydrogens (tertiary/aromatic N) is 2. The molecule has 1 aliphatic heterocycles. The Kier molecular flexibility index (Phi) is 5.32. The van der Waals surface area contributed by atoms with Gasteiger partial charge in [0, 0.05) is 24.2 Å². The summed E-state index contributed by atoms with van der Waals surface area (Å²) in [6.45, 7) is 5.79. The molecule has 1 saturated heterocycles. The third kappa shape index (κ3) is 3.75. The van der Waals surface area contributed by atoms with Crippen LogP contribution in [0.1, 0.15) is 39.5 Å². The van der Waals surface area contributed by atoms with E-state index in [1.807, 2.05) is 25.3 Å². The summed E-state index contributed by atoms with van der Waals surface area (Å²) in [4.78, 5) is 6.92. The number of rotatable bonds is 5. The second-order valence-corrected chi connectivity index (χ2v) is 5.86. The van der Waals surface area contributed by atoms with Gasteiger partial charge < -0.3 is 9.64 Å². The van der Waals surface area contributed by atoms with E-state index >= 15 is 0 Å². The highest BCUT2D eigenvalue weighted by atomic mass is 35.5. The Morgan fingerprint density at radius 1 is 1.53 bits per heavy atom. The number of aromatic nitrogens is 1. The van der Waals surface area contributed by atoms with E-state index in [0.717, 1.165) is 24.5 Å². The van der Waals surface area contributed by atoms with Crippen LogP contribution in [0, 0.1) is 0 Å². The molecule has 2 unspecified atom stereocenters. The molecule has 0 radical (unpaired) electrons. The topological polar surface area (TPSA) is 25.4 Å². The van der Waals surface area contributed by atoms with Crippen molar-refractivity contribution in [2.24, 2.45) is 0 Å². The zero-order valence-electron chi connectivity index (χ0n) is 11.8. The lowest BCUT2D eigenvalue weighted by molar-refractivity contribution is 0.334. The van der Waals surface area contributed by atoms with Gasteiger partial charge in [-0.1, -0.05) is 0 Å². The van der Waals surface area contributed by atoms with Gasteiger partial charge in [0.05, 0.1) is 6.61 Å². The Labute approximate surface area is 120 Å². The fourth-order valence-electron chi connectivity index (χ4n) is 2.77. The van der Waals surface area contributed by atoms with E-state index < -0.39 is 0 Å². The van der Waals surface area contributed by atoms with Gasteiger partial charge in [0.1, 0.15) is 0 Å². The summed E-state index contributed by atoms with van der Waals surface area (Å²) in [6.07, 6.45) is 6.54. The predicted octanol–water partition coefficient (Wildman–Crippen LogP) is 3.86. The minimum atomic E-state index is 0.199. The van der Waals surface area contributed by atoms with Crippen molar-refractivity contribution in [3.8, 4) is 5.75 Å². The normalized spacial score (nSPS) is 21.2. The Morgan fingerprint density at radius 3 is 3.11 bits per heavy atom. The van der Waals surface area contributed by atoms with E-state index in [9.17, 15) is 0 Å². The van der Waals surface area contributed by atoms with Crippen LogP contribution in [0.3, 0.4) is 0 Å². The Balaban J connectivity index is 2.21. The smallest absolute Gasteiger partial charge is 0.171 e. The van der Waals surface area contributed by atoms with Crippen molar-refractivity contribution in [2.75, 3.05) is 18.1 Å².